The number of hydrogen-bond donors (Lipinski definition) is 3. The number of rotatable bonds is 3. The number of nitrogens with two attached hydrogens (primary N) is 1. The normalized spacial score (nSPS) is 9.78. The van der Waals surface area contributed by atoms with Crippen LogP contribution >= 0.6 is 11.3 Å². The highest BCUT2D eigenvalue weighted by atomic mass is 32.1. The van der Waals surface area contributed by atoms with Crippen LogP contribution in [0.3, 0.4) is 0 Å². The van der Waals surface area contributed by atoms with Gasteiger partial charge in [-0.3, -0.25) is 10.1 Å². The molecule has 3 amide bonds. The Morgan fingerprint density at radius 2 is 1.83 bits per heavy atom. The summed E-state index contributed by atoms with van der Waals surface area (Å²) >= 11 is 1.41. The predicted octanol–water partition coefficient (Wildman–Crippen LogP) is 2.49. The summed E-state index contributed by atoms with van der Waals surface area (Å²) < 4.78 is 0. The largest absolute Gasteiger partial charge is 0.366 e. The quantitative estimate of drug-likeness (QED) is 0.793. The minimum atomic E-state index is -0.581. The average Bonchev–Trinajstić information content (AvgIpc) is 2.82. The minimum Gasteiger partial charge on any atom is -0.366 e. The summed E-state index contributed by atoms with van der Waals surface area (Å²) in [6.07, 6.45) is 0. The van der Waals surface area contributed by atoms with Crippen LogP contribution < -0.4 is 16.4 Å². The van der Waals surface area contributed by atoms with Crippen LogP contribution in [0.4, 0.5) is 15.5 Å². The number of anilines is 2. The Balaban J connectivity index is 2.09. The number of primary amides is 1. The van der Waals surface area contributed by atoms with Crippen molar-refractivity contribution in [2.24, 2.45) is 5.73 Å². The molecule has 0 atom stereocenters. The molecule has 0 aliphatic rings. The molecule has 0 aliphatic carbocycles. The fourth-order valence-corrected chi connectivity index (χ4v) is 2.03. The van der Waals surface area contributed by atoms with Gasteiger partial charge in [0.15, 0.2) is 0 Å². The monoisotopic (exact) mass is 261 g/mol. The van der Waals surface area contributed by atoms with E-state index in [0.29, 0.717) is 5.69 Å². The number of benzene rings is 1. The summed E-state index contributed by atoms with van der Waals surface area (Å²) in [6, 6.07) is 9.78. The maximum absolute atomic E-state index is 11.7. The van der Waals surface area contributed by atoms with Crippen LogP contribution in [0.25, 0.3) is 0 Å². The molecule has 0 unspecified atom stereocenters. The van der Waals surface area contributed by atoms with Crippen LogP contribution in [0.15, 0.2) is 41.8 Å². The maximum Gasteiger partial charge on any atom is 0.324 e. The van der Waals surface area contributed by atoms with E-state index in [-0.39, 0.29) is 5.56 Å². The van der Waals surface area contributed by atoms with Gasteiger partial charge in [-0.15, -0.1) is 11.3 Å². The Labute approximate surface area is 108 Å². The molecule has 6 heteroatoms. The molecule has 0 saturated heterocycles. The number of urea groups is 1. The zero-order chi connectivity index (χ0) is 13.0. The first-order valence-corrected chi connectivity index (χ1v) is 6.05. The Morgan fingerprint density at radius 1 is 1.06 bits per heavy atom. The van der Waals surface area contributed by atoms with E-state index in [1.54, 1.807) is 30.3 Å². The second kappa shape index (κ2) is 5.33. The van der Waals surface area contributed by atoms with Crippen LogP contribution in [0.1, 0.15) is 10.4 Å². The van der Waals surface area contributed by atoms with Gasteiger partial charge in [-0.1, -0.05) is 12.1 Å². The van der Waals surface area contributed by atoms with Crippen LogP contribution in [0, 0.1) is 0 Å². The maximum atomic E-state index is 11.7. The van der Waals surface area contributed by atoms with Crippen LogP contribution in [-0.2, 0) is 0 Å². The first-order valence-electron chi connectivity index (χ1n) is 5.17. The highest BCUT2D eigenvalue weighted by Crippen LogP contribution is 2.17. The molecule has 4 N–H and O–H groups in total. The third-order valence-corrected chi connectivity index (χ3v) is 2.98. The van der Waals surface area contributed by atoms with Gasteiger partial charge in [0, 0.05) is 0 Å². The Kier molecular flexibility index (Phi) is 3.59. The first kappa shape index (κ1) is 12.1. The van der Waals surface area contributed by atoms with Gasteiger partial charge in [0.05, 0.1) is 16.3 Å². The second-order valence-corrected chi connectivity index (χ2v) is 4.41. The number of nitrogens with one attached hydrogen (secondary N) is 2. The van der Waals surface area contributed by atoms with Crippen molar-refractivity contribution in [3.05, 3.63) is 47.3 Å². The summed E-state index contributed by atoms with van der Waals surface area (Å²) in [4.78, 5) is 22.9. The molecular formula is C12H11N3O2S. The molecule has 18 heavy (non-hydrogen) atoms. The molecule has 0 radical (unpaired) electrons. The lowest BCUT2D eigenvalue weighted by Crippen LogP contribution is -2.22. The van der Waals surface area contributed by atoms with Crippen molar-refractivity contribution in [2.75, 3.05) is 10.6 Å². The molecule has 2 aromatic rings. The zero-order valence-electron chi connectivity index (χ0n) is 9.34. The Morgan fingerprint density at radius 3 is 2.50 bits per heavy atom. The van der Waals surface area contributed by atoms with Crippen molar-refractivity contribution < 1.29 is 9.59 Å². The van der Waals surface area contributed by atoms with Gasteiger partial charge in [-0.05, 0) is 29.6 Å². The molecule has 0 saturated carbocycles. The van der Waals surface area contributed by atoms with Crippen molar-refractivity contribution in [1.82, 2.24) is 0 Å². The molecule has 1 aromatic heterocycles. The van der Waals surface area contributed by atoms with Gasteiger partial charge in [-0.2, -0.15) is 0 Å². The highest BCUT2D eigenvalue weighted by Gasteiger charge is 2.10. The number of para-hydroxylation sites is 1. The topological polar surface area (TPSA) is 84.2 Å². The lowest BCUT2D eigenvalue weighted by Gasteiger charge is -2.08. The average molecular weight is 261 g/mol. The predicted molar refractivity (Wildman–Crippen MR) is 71.9 cm³/mol. The summed E-state index contributed by atoms with van der Waals surface area (Å²) in [5, 5.41) is 7.82. The first-order chi connectivity index (χ1) is 8.66. The van der Waals surface area contributed by atoms with Crippen LogP contribution in [0.2, 0.25) is 0 Å². The molecular weight excluding hydrogens is 250 g/mol. The fourth-order valence-electron chi connectivity index (χ4n) is 1.42. The van der Waals surface area contributed by atoms with Crippen LogP contribution in [-0.4, -0.2) is 11.9 Å². The van der Waals surface area contributed by atoms with Gasteiger partial charge in [-0.25, -0.2) is 4.79 Å². The Hall–Kier alpha value is -2.34. The van der Waals surface area contributed by atoms with Crippen molar-refractivity contribution in [3.8, 4) is 0 Å². The number of thiophene rings is 1. The number of carbonyl (C=O) groups excluding carboxylic acids is 2. The molecule has 1 aromatic carbocycles. The van der Waals surface area contributed by atoms with E-state index < -0.39 is 11.9 Å². The Bertz CT molecular complexity index is 566. The fraction of sp³-hybridized carbons (Fsp3) is 0. The van der Waals surface area contributed by atoms with Crippen molar-refractivity contribution in [1.29, 1.82) is 0 Å². The van der Waals surface area contributed by atoms with E-state index >= 15 is 0 Å². The molecule has 0 spiro atoms. The lowest BCUT2D eigenvalue weighted by molar-refractivity contribution is 0.100. The number of carbonyl (C=O) groups is 2. The molecule has 1 heterocycles. The van der Waals surface area contributed by atoms with Gasteiger partial charge < -0.3 is 11.1 Å². The van der Waals surface area contributed by atoms with Crippen molar-refractivity contribution >= 4 is 34.0 Å². The van der Waals surface area contributed by atoms with E-state index in [1.807, 2.05) is 11.4 Å². The van der Waals surface area contributed by atoms with E-state index in [4.69, 9.17) is 5.73 Å². The number of amides is 3. The lowest BCUT2D eigenvalue weighted by atomic mass is 10.1. The van der Waals surface area contributed by atoms with Crippen molar-refractivity contribution in [2.45, 2.75) is 0 Å². The molecule has 0 bridgehead atoms. The molecule has 0 fully saturated rings. The smallest absolute Gasteiger partial charge is 0.324 e. The standard InChI is InChI=1S/C12H11N3O2S/c13-11(16)8-4-1-2-5-9(8)14-12(17)15-10-6-3-7-18-10/h1-7H,(H2,13,16)(H2,14,15,17). The highest BCUT2D eigenvalue weighted by molar-refractivity contribution is 7.14. The van der Waals surface area contributed by atoms with Gasteiger partial charge in [0.2, 0.25) is 0 Å². The zero-order valence-corrected chi connectivity index (χ0v) is 10.2. The van der Waals surface area contributed by atoms with E-state index in [2.05, 4.69) is 10.6 Å². The number of hydrogen-bond acceptors (Lipinski definition) is 3. The third kappa shape index (κ3) is 2.86. The molecule has 0 aliphatic heterocycles. The van der Waals surface area contributed by atoms with Crippen molar-refractivity contribution in [3.63, 3.8) is 0 Å². The van der Waals surface area contributed by atoms with Gasteiger partial charge in [0.1, 0.15) is 0 Å². The van der Waals surface area contributed by atoms with Crippen LogP contribution in [0.5, 0.6) is 0 Å². The van der Waals surface area contributed by atoms with Gasteiger partial charge in [0.25, 0.3) is 5.91 Å². The summed E-state index contributed by atoms with van der Waals surface area (Å²) in [6.45, 7) is 0. The minimum absolute atomic E-state index is 0.277. The van der Waals surface area contributed by atoms with E-state index in [9.17, 15) is 9.59 Å². The van der Waals surface area contributed by atoms with Gasteiger partial charge >= 0.3 is 6.03 Å². The summed E-state index contributed by atoms with van der Waals surface area (Å²) in [7, 11) is 0. The SMILES string of the molecule is NC(=O)c1ccccc1NC(=O)Nc1cccs1. The molecule has 5 nitrogen and oxygen atoms in total. The second-order valence-electron chi connectivity index (χ2n) is 3.47. The summed E-state index contributed by atoms with van der Waals surface area (Å²) in [5.41, 5.74) is 5.88. The molecule has 92 valence electrons. The third-order valence-electron chi connectivity index (χ3n) is 2.20. The summed E-state index contributed by atoms with van der Waals surface area (Å²) in [5.74, 6) is -0.581. The van der Waals surface area contributed by atoms with E-state index in [0.717, 1.165) is 5.00 Å². The van der Waals surface area contributed by atoms with E-state index in [1.165, 1.54) is 11.3 Å². The molecule has 2 rings (SSSR count).